The van der Waals surface area contributed by atoms with Gasteiger partial charge in [-0.25, -0.2) is 0 Å². The second kappa shape index (κ2) is 4.78. The van der Waals surface area contributed by atoms with E-state index in [0.717, 1.165) is 18.4 Å². The van der Waals surface area contributed by atoms with Gasteiger partial charge in [0.15, 0.2) is 0 Å². The monoisotopic (exact) mass is 233 g/mol. The first-order valence-corrected chi connectivity index (χ1v) is 6.16. The summed E-state index contributed by atoms with van der Waals surface area (Å²) in [4.78, 5) is 14.0. The Bertz CT molecular complexity index is 422. The van der Waals surface area contributed by atoms with Crippen molar-refractivity contribution in [1.82, 2.24) is 4.90 Å². The molecule has 1 aromatic rings. The number of phenols is 1. The van der Waals surface area contributed by atoms with E-state index in [0.29, 0.717) is 11.6 Å². The number of nitrogens with zero attached hydrogens (tertiary/aromatic N) is 1. The molecule has 0 bridgehead atoms. The van der Waals surface area contributed by atoms with Crippen LogP contribution in [0.15, 0.2) is 18.2 Å². The molecule has 0 atom stereocenters. The van der Waals surface area contributed by atoms with Gasteiger partial charge >= 0.3 is 0 Å². The summed E-state index contributed by atoms with van der Waals surface area (Å²) in [6.07, 6.45) is 4.55. The summed E-state index contributed by atoms with van der Waals surface area (Å²) in [6, 6.07) is 5.53. The van der Waals surface area contributed by atoms with E-state index in [1.807, 2.05) is 20.0 Å². The van der Waals surface area contributed by atoms with Crippen LogP contribution in [0, 0.1) is 6.92 Å². The molecule has 1 aliphatic carbocycles. The average Bonchev–Trinajstić information content (AvgIpc) is 2.80. The Labute approximate surface area is 102 Å². The van der Waals surface area contributed by atoms with Crippen molar-refractivity contribution < 1.29 is 9.90 Å². The van der Waals surface area contributed by atoms with Crippen LogP contribution in [0.4, 0.5) is 0 Å². The molecule has 1 aliphatic rings. The molecule has 3 nitrogen and oxygen atoms in total. The second-order valence-electron chi connectivity index (χ2n) is 4.87. The minimum Gasteiger partial charge on any atom is -0.507 e. The molecule has 17 heavy (non-hydrogen) atoms. The van der Waals surface area contributed by atoms with Crippen LogP contribution in [-0.2, 0) is 0 Å². The molecule has 0 aromatic heterocycles. The van der Waals surface area contributed by atoms with Gasteiger partial charge in [-0.3, -0.25) is 4.79 Å². The zero-order valence-corrected chi connectivity index (χ0v) is 10.4. The van der Waals surface area contributed by atoms with Crippen LogP contribution in [0.2, 0.25) is 0 Å². The Hall–Kier alpha value is -1.51. The smallest absolute Gasteiger partial charge is 0.257 e. The van der Waals surface area contributed by atoms with Crippen LogP contribution in [0.5, 0.6) is 5.75 Å². The number of hydrogen-bond donors (Lipinski definition) is 1. The average molecular weight is 233 g/mol. The van der Waals surface area contributed by atoms with Gasteiger partial charge in [-0.1, -0.05) is 18.9 Å². The minimum atomic E-state index is -0.0746. The highest BCUT2D eigenvalue weighted by Gasteiger charge is 2.25. The predicted molar refractivity (Wildman–Crippen MR) is 67.2 cm³/mol. The summed E-state index contributed by atoms with van der Waals surface area (Å²) in [5, 5.41) is 9.81. The van der Waals surface area contributed by atoms with Gasteiger partial charge in [0.05, 0.1) is 5.56 Å². The number of carbonyl (C=O) groups is 1. The summed E-state index contributed by atoms with van der Waals surface area (Å²) in [7, 11) is 1.83. The molecule has 1 saturated carbocycles. The summed E-state index contributed by atoms with van der Waals surface area (Å²) < 4.78 is 0. The third-order valence-electron chi connectivity index (χ3n) is 3.58. The van der Waals surface area contributed by atoms with E-state index >= 15 is 0 Å². The number of phenolic OH excluding ortho intramolecular Hbond substituents is 1. The van der Waals surface area contributed by atoms with Crippen molar-refractivity contribution in [3.05, 3.63) is 29.3 Å². The van der Waals surface area contributed by atoms with E-state index < -0.39 is 0 Å². The Balaban J connectivity index is 2.18. The Morgan fingerprint density at radius 1 is 1.35 bits per heavy atom. The molecule has 0 radical (unpaired) electrons. The zero-order chi connectivity index (χ0) is 12.4. The number of aromatic hydroxyl groups is 1. The fourth-order valence-corrected chi connectivity index (χ4v) is 2.47. The largest absolute Gasteiger partial charge is 0.507 e. The van der Waals surface area contributed by atoms with E-state index in [9.17, 15) is 9.90 Å². The Morgan fingerprint density at radius 2 is 2.00 bits per heavy atom. The minimum absolute atomic E-state index is 0.0746. The third kappa shape index (κ3) is 2.43. The summed E-state index contributed by atoms with van der Waals surface area (Å²) >= 11 is 0. The molecule has 0 saturated heterocycles. The van der Waals surface area contributed by atoms with Gasteiger partial charge in [0.2, 0.25) is 0 Å². The summed E-state index contributed by atoms with van der Waals surface area (Å²) in [5.41, 5.74) is 1.37. The van der Waals surface area contributed by atoms with Crippen molar-refractivity contribution in [3.8, 4) is 5.75 Å². The summed E-state index contributed by atoms with van der Waals surface area (Å²) in [5.74, 6) is 0.00856. The van der Waals surface area contributed by atoms with E-state index in [2.05, 4.69) is 0 Å². The van der Waals surface area contributed by atoms with Gasteiger partial charge in [0, 0.05) is 13.1 Å². The van der Waals surface area contributed by atoms with Crippen molar-refractivity contribution in [2.45, 2.75) is 38.6 Å². The lowest BCUT2D eigenvalue weighted by Gasteiger charge is -2.24. The van der Waals surface area contributed by atoms with Crippen molar-refractivity contribution in [2.75, 3.05) is 7.05 Å². The van der Waals surface area contributed by atoms with Crippen LogP contribution in [0.1, 0.15) is 41.6 Å². The lowest BCUT2D eigenvalue weighted by atomic mass is 10.1. The lowest BCUT2D eigenvalue weighted by Crippen LogP contribution is -2.35. The molecule has 0 unspecified atom stereocenters. The molecule has 1 aromatic carbocycles. The highest BCUT2D eigenvalue weighted by atomic mass is 16.3. The third-order valence-corrected chi connectivity index (χ3v) is 3.58. The topological polar surface area (TPSA) is 40.5 Å². The van der Waals surface area contributed by atoms with Gasteiger partial charge in [-0.05, 0) is 37.5 Å². The number of amides is 1. The van der Waals surface area contributed by atoms with E-state index in [-0.39, 0.29) is 11.7 Å². The molecular weight excluding hydrogens is 214 g/mol. The Morgan fingerprint density at radius 3 is 2.59 bits per heavy atom. The number of rotatable bonds is 2. The molecule has 3 heteroatoms. The second-order valence-corrected chi connectivity index (χ2v) is 4.87. The predicted octanol–water partition coefficient (Wildman–Crippen LogP) is 2.72. The van der Waals surface area contributed by atoms with Crippen LogP contribution in [-0.4, -0.2) is 29.0 Å². The Kier molecular flexibility index (Phi) is 3.36. The van der Waals surface area contributed by atoms with Gasteiger partial charge in [0.1, 0.15) is 5.75 Å². The molecule has 2 rings (SSSR count). The number of carbonyl (C=O) groups excluding carboxylic acids is 1. The SMILES string of the molecule is Cc1ccc(C(=O)N(C)C2CCCC2)c(O)c1. The molecule has 0 spiro atoms. The normalized spacial score (nSPS) is 16.1. The van der Waals surface area contributed by atoms with Crippen molar-refractivity contribution in [2.24, 2.45) is 0 Å². The molecule has 92 valence electrons. The van der Waals surface area contributed by atoms with E-state index in [4.69, 9.17) is 0 Å². The number of hydrogen-bond acceptors (Lipinski definition) is 2. The van der Waals surface area contributed by atoms with Crippen LogP contribution in [0.3, 0.4) is 0 Å². The molecule has 1 N–H and O–H groups in total. The first-order valence-electron chi connectivity index (χ1n) is 6.16. The molecule has 1 fully saturated rings. The summed E-state index contributed by atoms with van der Waals surface area (Å²) in [6.45, 7) is 1.90. The molecule has 1 amide bonds. The first kappa shape index (κ1) is 12.0. The van der Waals surface area contributed by atoms with Crippen LogP contribution >= 0.6 is 0 Å². The van der Waals surface area contributed by atoms with Gasteiger partial charge in [0.25, 0.3) is 5.91 Å². The lowest BCUT2D eigenvalue weighted by molar-refractivity contribution is 0.0732. The quantitative estimate of drug-likeness (QED) is 0.853. The fraction of sp³-hybridized carbons (Fsp3) is 0.500. The molecular formula is C14H19NO2. The van der Waals surface area contributed by atoms with Crippen molar-refractivity contribution in [3.63, 3.8) is 0 Å². The van der Waals surface area contributed by atoms with Gasteiger partial charge in [-0.2, -0.15) is 0 Å². The van der Waals surface area contributed by atoms with Crippen molar-refractivity contribution in [1.29, 1.82) is 0 Å². The van der Waals surface area contributed by atoms with Crippen LogP contribution in [0.25, 0.3) is 0 Å². The maximum Gasteiger partial charge on any atom is 0.257 e. The highest BCUT2D eigenvalue weighted by molar-refractivity contribution is 5.96. The fourth-order valence-electron chi connectivity index (χ4n) is 2.47. The standard InChI is InChI=1S/C14H19NO2/c1-10-7-8-12(13(16)9-10)14(17)15(2)11-5-3-4-6-11/h7-9,11,16H,3-6H2,1-2H3. The van der Waals surface area contributed by atoms with E-state index in [1.54, 1.807) is 17.0 Å². The van der Waals surface area contributed by atoms with Crippen LogP contribution < -0.4 is 0 Å². The molecule has 0 heterocycles. The van der Waals surface area contributed by atoms with Gasteiger partial charge < -0.3 is 10.0 Å². The molecule has 0 aliphatic heterocycles. The first-order chi connectivity index (χ1) is 8.09. The number of benzene rings is 1. The zero-order valence-electron chi connectivity index (χ0n) is 10.4. The number of aryl methyl sites for hydroxylation is 1. The maximum absolute atomic E-state index is 12.2. The highest BCUT2D eigenvalue weighted by Crippen LogP contribution is 2.26. The van der Waals surface area contributed by atoms with E-state index in [1.165, 1.54) is 12.8 Å². The van der Waals surface area contributed by atoms with Gasteiger partial charge in [-0.15, -0.1) is 0 Å². The maximum atomic E-state index is 12.2. The van der Waals surface area contributed by atoms with Crippen molar-refractivity contribution >= 4 is 5.91 Å².